The molecule has 5 nitrogen and oxygen atoms in total. The molecule has 1 fully saturated rings. The van der Waals surface area contributed by atoms with Gasteiger partial charge in [0.05, 0.1) is 12.6 Å². The van der Waals surface area contributed by atoms with Crippen LogP contribution in [0.15, 0.2) is 0 Å². The molecule has 0 aliphatic heterocycles. The number of ether oxygens (including phenoxy) is 1. The molecule has 1 heterocycles. The van der Waals surface area contributed by atoms with E-state index in [0.717, 1.165) is 23.0 Å². The third-order valence-electron chi connectivity index (χ3n) is 3.82. The van der Waals surface area contributed by atoms with Crippen molar-refractivity contribution < 1.29 is 4.74 Å². The second-order valence-corrected chi connectivity index (χ2v) is 5.88. The molecule has 0 spiro atoms. The lowest BCUT2D eigenvalue weighted by Crippen LogP contribution is -2.31. The number of nitrogens with one attached hydrogen (secondary N) is 2. The Morgan fingerprint density at radius 3 is 2.40 bits per heavy atom. The topological polar surface area (TPSA) is 59.1 Å². The lowest BCUT2D eigenvalue weighted by atomic mass is 10.1. The number of aromatic nitrogens is 2. The first kappa shape index (κ1) is 15.0. The molecule has 1 aromatic heterocycles. The molecule has 5 heteroatoms. The fourth-order valence-corrected chi connectivity index (χ4v) is 2.20. The normalized spacial score (nSPS) is 16.3. The van der Waals surface area contributed by atoms with Crippen molar-refractivity contribution in [3.05, 3.63) is 11.4 Å². The second-order valence-electron chi connectivity index (χ2n) is 5.88. The molecule has 0 saturated heterocycles. The largest absolute Gasteiger partial charge is 0.383 e. The Morgan fingerprint density at radius 1 is 1.25 bits per heavy atom. The van der Waals surface area contributed by atoms with E-state index < -0.39 is 0 Å². The van der Waals surface area contributed by atoms with Crippen LogP contribution in [0.4, 0.5) is 11.6 Å². The molecule has 1 saturated carbocycles. The first-order chi connectivity index (χ1) is 9.56. The monoisotopic (exact) mass is 278 g/mol. The fraction of sp³-hybridized carbons (Fsp3) is 0.733. The van der Waals surface area contributed by atoms with E-state index in [1.54, 1.807) is 7.11 Å². The highest BCUT2D eigenvalue weighted by molar-refractivity contribution is 5.57. The van der Waals surface area contributed by atoms with E-state index in [1.165, 1.54) is 12.8 Å². The highest BCUT2D eigenvalue weighted by Gasteiger charge is 2.28. The lowest BCUT2D eigenvalue weighted by molar-refractivity contribution is 0.171. The Morgan fingerprint density at radius 2 is 1.90 bits per heavy atom. The maximum atomic E-state index is 5.30. The zero-order valence-corrected chi connectivity index (χ0v) is 13.2. The Labute approximate surface area is 121 Å². The summed E-state index contributed by atoms with van der Waals surface area (Å²) in [6, 6.07) is 0.255. The Kier molecular flexibility index (Phi) is 4.81. The summed E-state index contributed by atoms with van der Waals surface area (Å²) in [6.45, 7) is 7.10. The Hall–Kier alpha value is -1.36. The van der Waals surface area contributed by atoms with Crippen molar-refractivity contribution >= 4 is 11.6 Å². The van der Waals surface area contributed by atoms with Crippen LogP contribution in [0.1, 0.15) is 44.0 Å². The van der Waals surface area contributed by atoms with Crippen LogP contribution in [0.25, 0.3) is 0 Å². The van der Waals surface area contributed by atoms with Gasteiger partial charge in [-0.05, 0) is 25.7 Å². The predicted octanol–water partition coefficient (Wildman–Crippen LogP) is 2.79. The van der Waals surface area contributed by atoms with Gasteiger partial charge >= 0.3 is 0 Å². The van der Waals surface area contributed by atoms with Gasteiger partial charge in [0.2, 0.25) is 0 Å². The minimum Gasteiger partial charge on any atom is -0.383 e. The van der Waals surface area contributed by atoms with Crippen LogP contribution in [-0.4, -0.2) is 36.8 Å². The molecule has 0 radical (unpaired) electrons. The van der Waals surface area contributed by atoms with E-state index in [2.05, 4.69) is 36.4 Å². The van der Waals surface area contributed by atoms with Crippen LogP contribution in [0.5, 0.6) is 0 Å². The number of rotatable bonds is 7. The van der Waals surface area contributed by atoms with Crippen LogP contribution in [0, 0.1) is 12.8 Å². The van der Waals surface area contributed by atoms with Crippen molar-refractivity contribution in [3.8, 4) is 0 Å². The van der Waals surface area contributed by atoms with Gasteiger partial charge in [-0.1, -0.05) is 13.8 Å². The van der Waals surface area contributed by atoms with E-state index in [-0.39, 0.29) is 6.04 Å². The van der Waals surface area contributed by atoms with Crippen LogP contribution < -0.4 is 10.6 Å². The predicted molar refractivity (Wildman–Crippen MR) is 82.4 cm³/mol. The molecular weight excluding hydrogens is 252 g/mol. The Balaban J connectivity index is 2.26. The minimum absolute atomic E-state index is 0.255. The van der Waals surface area contributed by atoms with Gasteiger partial charge in [0.25, 0.3) is 0 Å². The Bertz CT molecular complexity index is 457. The molecule has 0 aromatic carbocycles. The summed E-state index contributed by atoms with van der Waals surface area (Å²) >= 11 is 0. The van der Waals surface area contributed by atoms with E-state index in [1.807, 2.05) is 7.05 Å². The summed E-state index contributed by atoms with van der Waals surface area (Å²) in [6.07, 6.45) is 2.41. The van der Waals surface area contributed by atoms with Crippen LogP contribution in [-0.2, 0) is 4.74 Å². The maximum absolute atomic E-state index is 5.30. The molecule has 112 valence electrons. The molecule has 1 unspecified atom stereocenters. The molecule has 0 amide bonds. The van der Waals surface area contributed by atoms with Crippen molar-refractivity contribution in [3.63, 3.8) is 0 Å². The number of anilines is 2. The van der Waals surface area contributed by atoms with Crippen LogP contribution in [0.2, 0.25) is 0 Å². The highest BCUT2D eigenvalue weighted by atomic mass is 16.5. The van der Waals surface area contributed by atoms with Crippen molar-refractivity contribution in [1.29, 1.82) is 0 Å². The molecule has 2 rings (SSSR count). The summed E-state index contributed by atoms with van der Waals surface area (Å²) in [5.41, 5.74) is 1.07. The second kappa shape index (κ2) is 6.39. The molecule has 20 heavy (non-hydrogen) atoms. The quantitative estimate of drug-likeness (QED) is 0.803. The van der Waals surface area contributed by atoms with Gasteiger partial charge < -0.3 is 15.4 Å². The van der Waals surface area contributed by atoms with E-state index in [0.29, 0.717) is 18.4 Å². The summed E-state index contributed by atoms with van der Waals surface area (Å²) in [5.74, 6) is 3.84. The molecule has 2 N–H and O–H groups in total. The average molecular weight is 278 g/mol. The van der Waals surface area contributed by atoms with E-state index in [9.17, 15) is 0 Å². The standard InChI is InChI=1S/C15H26N4O/c1-9(2)12(8-20-5)17-14-10(3)13(16-4)18-15(19-14)11-6-7-11/h9,11-12H,6-8H2,1-5H3,(H2,16,17,18,19). The summed E-state index contributed by atoms with van der Waals surface area (Å²) < 4.78 is 5.30. The van der Waals surface area contributed by atoms with E-state index >= 15 is 0 Å². The zero-order valence-electron chi connectivity index (χ0n) is 13.2. The zero-order chi connectivity index (χ0) is 14.7. The van der Waals surface area contributed by atoms with Gasteiger partial charge in [-0.2, -0.15) is 0 Å². The highest BCUT2D eigenvalue weighted by Crippen LogP contribution is 2.39. The first-order valence-corrected chi connectivity index (χ1v) is 7.38. The van der Waals surface area contributed by atoms with Gasteiger partial charge in [-0.15, -0.1) is 0 Å². The summed E-state index contributed by atoms with van der Waals surface area (Å²) in [4.78, 5) is 9.35. The van der Waals surface area contributed by atoms with Gasteiger partial charge in [0, 0.05) is 25.6 Å². The number of hydrogen-bond acceptors (Lipinski definition) is 5. The SMILES string of the molecule is CNc1nc(C2CC2)nc(NC(COC)C(C)C)c1C. The first-order valence-electron chi connectivity index (χ1n) is 7.38. The molecule has 0 bridgehead atoms. The maximum Gasteiger partial charge on any atom is 0.136 e. The number of nitrogens with zero attached hydrogens (tertiary/aromatic N) is 2. The van der Waals surface area contributed by atoms with Crippen LogP contribution in [0.3, 0.4) is 0 Å². The molecule has 1 aromatic rings. The van der Waals surface area contributed by atoms with Crippen molar-refractivity contribution in [2.45, 2.75) is 45.6 Å². The molecule has 1 atom stereocenters. The van der Waals surface area contributed by atoms with Crippen molar-refractivity contribution in [2.24, 2.45) is 5.92 Å². The number of hydrogen-bond donors (Lipinski definition) is 2. The van der Waals surface area contributed by atoms with Crippen molar-refractivity contribution in [1.82, 2.24) is 9.97 Å². The molecular formula is C15H26N4O. The third-order valence-corrected chi connectivity index (χ3v) is 3.82. The smallest absolute Gasteiger partial charge is 0.136 e. The molecule has 1 aliphatic carbocycles. The fourth-order valence-electron chi connectivity index (χ4n) is 2.20. The minimum atomic E-state index is 0.255. The average Bonchev–Trinajstić information content (AvgIpc) is 3.24. The van der Waals surface area contributed by atoms with Crippen molar-refractivity contribution in [2.75, 3.05) is 31.4 Å². The van der Waals surface area contributed by atoms with Gasteiger partial charge in [0.15, 0.2) is 0 Å². The summed E-state index contributed by atoms with van der Waals surface area (Å²) in [7, 11) is 3.64. The summed E-state index contributed by atoms with van der Waals surface area (Å²) in [5, 5.41) is 6.70. The van der Waals surface area contributed by atoms with Gasteiger partial charge in [-0.3, -0.25) is 0 Å². The van der Waals surface area contributed by atoms with Gasteiger partial charge in [-0.25, -0.2) is 9.97 Å². The van der Waals surface area contributed by atoms with Crippen LogP contribution >= 0.6 is 0 Å². The molecule has 1 aliphatic rings. The lowest BCUT2D eigenvalue weighted by Gasteiger charge is -2.24. The number of methoxy groups -OCH3 is 1. The third kappa shape index (κ3) is 3.39. The van der Waals surface area contributed by atoms with E-state index in [4.69, 9.17) is 9.72 Å². The van der Waals surface area contributed by atoms with Gasteiger partial charge in [0.1, 0.15) is 17.5 Å².